The minimum atomic E-state index is -0.571. The first-order chi connectivity index (χ1) is 14.6. The number of anilines is 1. The molecular weight excluding hydrogens is 406 g/mol. The van der Waals surface area contributed by atoms with Gasteiger partial charge in [-0.25, -0.2) is 9.59 Å². The molecule has 152 valence electrons. The van der Waals surface area contributed by atoms with Gasteiger partial charge in [0, 0.05) is 29.0 Å². The zero-order chi connectivity index (χ0) is 20.9. The fourth-order valence-electron chi connectivity index (χ4n) is 2.85. The second kappa shape index (κ2) is 8.78. The third kappa shape index (κ3) is 4.33. The van der Waals surface area contributed by atoms with Crippen molar-refractivity contribution >= 4 is 34.5 Å². The molecule has 1 N–H and O–H groups in total. The molecule has 0 aliphatic heterocycles. The maximum Gasteiger partial charge on any atom is 0.411 e. The first-order valence-corrected chi connectivity index (χ1v) is 10.1. The second-order valence-corrected chi connectivity index (χ2v) is 7.09. The fraction of sp³-hybridized carbons (Fsp3) is 0.150. The Morgan fingerprint density at radius 3 is 2.83 bits per heavy atom. The molecule has 9 nitrogen and oxygen atoms in total. The molecule has 4 rings (SSSR count). The summed E-state index contributed by atoms with van der Waals surface area (Å²) in [5.41, 5.74) is 1.99. The minimum absolute atomic E-state index is 0.262. The van der Waals surface area contributed by atoms with Gasteiger partial charge in [0.25, 0.3) is 0 Å². The van der Waals surface area contributed by atoms with E-state index in [4.69, 9.17) is 9.15 Å². The smallest absolute Gasteiger partial charge is 0.411 e. The van der Waals surface area contributed by atoms with E-state index in [2.05, 4.69) is 20.8 Å². The van der Waals surface area contributed by atoms with E-state index in [1.807, 2.05) is 30.3 Å². The van der Waals surface area contributed by atoms with Crippen molar-refractivity contribution in [3.05, 3.63) is 70.6 Å². The normalized spacial score (nSPS) is 10.8. The van der Waals surface area contributed by atoms with Gasteiger partial charge in [0.2, 0.25) is 5.16 Å². The van der Waals surface area contributed by atoms with Gasteiger partial charge in [-0.2, -0.15) is 4.68 Å². The van der Waals surface area contributed by atoms with Crippen molar-refractivity contribution in [1.29, 1.82) is 0 Å². The number of hydrogen-bond donors (Lipinski definition) is 1. The van der Waals surface area contributed by atoms with Crippen LogP contribution in [0.2, 0.25) is 0 Å². The lowest BCUT2D eigenvalue weighted by molar-refractivity contribution is 0.168. The van der Waals surface area contributed by atoms with Gasteiger partial charge in [-0.1, -0.05) is 30.0 Å². The Hall–Kier alpha value is -3.66. The number of carbonyl (C=O) groups is 1. The van der Waals surface area contributed by atoms with Crippen molar-refractivity contribution in [2.75, 3.05) is 11.9 Å². The van der Waals surface area contributed by atoms with Gasteiger partial charge >= 0.3 is 11.7 Å². The van der Waals surface area contributed by atoms with E-state index in [1.165, 1.54) is 17.8 Å². The number of rotatable bonds is 6. The molecule has 0 atom stereocenters. The highest BCUT2D eigenvalue weighted by Crippen LogP contribution is 2.27. The van der Waals surface area contributed by atoms with Crippen LogP contribution in [0.1, 0.15) is 12.5 Å². The van der Waals surface area contributed by atoms with Crippen LogP contribution in [-0.4, -0.2) is 32.9 Å². The Morgan fingerprint density at radius 1 is 1.20 bits per heavy atom. The zero-order valence-electron chi connectivity index (χ0n) is 15.9. The van der Waals surface area contributed by atoms with Gasteiger partial charge in [0.15, 0.2) is 0 Å². The van der Waals surface area contributed by atoms with Gasteiger partial charge in [-0.15, -0.1) is 5.10 Å². The topological polar surface area (TPSA) is 112 Å². The molecular formula is C20H17N5O4S. The van der Waals surface area contributed by atoms with Crippen molar-refractivity contribution in [1.82, 2.24) is 20.2 Å². The van der Waals surface area contributed by atoms with Crippen LogP contribution in [0, 0.1) is 0 Å². The van der Waals surface area contributed by atoms with E-state index in [0.29, 0.717) is 22.2 Å². The van der Waals surface area contributed by atoms with Crippen LogP contribution in [0.25, 0.3) is 16.7 Å². The van der Waals surface area contributed by atoms with Gasteiger partial charge in [0.05, 0.1) is 12.3 Å². The SMILES string of the molecule is CCOC(=O)Nc1ccc2c(CSc3nnnn3-c3ccccc3)cc(=O)oc2c1. The number of amides is 1. The number of para-hydroxylation sites is 1. The third-order valence-corrected chi connectivity index (χ3v) is 5.12. The molecule has 0 fully saturated rings. The number of tetrazole rings is 1. The molecule has 0 unspecified atom stereocenters. The number of fused-ring (bicyclic) bond motifs is 1. The molecule has 4 aromatic rings. The van der Waals surface area contributed by atoms with E-state index in [0.717, 1.165) is 16.6 Å². The van der Waals surface area contributed by atoms with Crippen molar-refractivity contribution in [2.45, 2.75) is 17.8 Å². The van der Waals surface area contributed by atoms with Crippen LogP contribution >= 0.6 is 11.8 Å². The highest BCUT2D eigenvalue weighted by molar-refractivity contribution is 7.98. The van der Waals surface area contributed by atoms with Crippen LogP contribution in [0.4, 0.5) is 10.5 Å². The summed E-state index contributed by atoms with van der Waals surface area (Å²) in [4.78, 5) is 23.7. The van der Waals surface area contributed by atoms with E-state index in [1.54, 1.807) is 29.8 Å². The number of carbonyl (C=O) groups excluding carboxylic acids is 1. The number of nitrogens with zero attached hydrogens (tertiary/aromatic N) is 4. The predicted octanol–water partition coefficient (Wildman–Crippen LogP) is 3.63. The average Bonchev–Trinajstić information content (AvgIpc) is 3.21. The molecule has 0 aliphatic carbocycles. The quantitative estimate of drug-likeness (QED) is 0.370. The van der Waals surface area contributed by atoms with Crippen molar-refractivity contribution in [3.8, 4) is 5.69 Å². The van der Waals surface area contributed by atoms with Crippen molar-refractivity contribution in [2.24, 2.45) is 0 Å². The highest BCUT2D eigenvalue weighted by atomic mass is 32.2. The summed E-state index contributed by atoms with van der Waals surface area (Å²) in [5, 5.41) is 15.8. The second-order valence-electron chi connectivity index (χ2n) is 6.14. The summed E-state index contributed by atoms with van der Waals surface area (Å²) in [6, 6.07) is 16.1. The van der Waals surface area contributed by atoms with Crippen LogP contribution in [0.5, 0.6) is 0 Å². The Balaban J connectivity index is 1.59. The zero-order valence-corrected chi connectivity index (χ0v) is 16.8. The summed E-state index contributed by atoms with van der Waals surface area (Å²) in [6.07, 6.45) is -0.571. The maximum absolute atomic E-state index is 12.1. The van der Waals surface area contributed by atoms with Crippen LogP contribution in [-0.2, 0) is 10.5 Å². The lowest BCUT2D eigenvalue weighted by atomic mass is 10.1. The van der Waals surface area contributed by atoms with Crippen LogP contribution in [0.15, 0.2) is 69.0 Å². The molecule has 0 aliphatic rings. The van der Waals surface area contributed by atoms with Crippen molar-refractivity contribution < 1.29 is 13.9 Å². The third-order valence-electron chi connectivity index (χ3n) is 4.15. The predicted molar refractivity (Wildman–Crippen MR) is 112 cm³/mol. The summed E-state index contributed by atoms with van der Waals surface area (Å²) in [5.74, 6) is 0.458. The molecule has 1 amide bonds. The largest absolute Gasteiger partial charge is 0.450 e. The van der Waals surface area contributed by atoms with Gasteiger partial charge in [-0.3, -0.25) is 5.32 Å². The van der Waals surface area contributed by atoms with Gasteiger partial charge in [0.1, 0.15) is 5.58 Å². The Bertz CT molecular complexity index is 1240. The molecule has 0 saturated carbocycles. The lowest BCUT2D eigenvalue weighted by Gasteiger charge is -2.08. The van der Waals surface area contributed by atoms with Crippen molar-refractivity contribution in [3.63, 3.8) is 0 Å². The first-order valence-electron chi connectivity index (χ1n) is 9.11. The van der Waals surface area contributed by atoms with Crippen LogP contribution in [0.3, 0.4) is 0 Å². The summed E-state index contributed by atoms with van der Waals surface area (Å²) >= 11 is 1.40. The molecule has 0 radical (unpaired) electrons. The molecule has 10 heteroatoms. The number of thioether (sulfide) groups is 1. The first kappa shape index (κ1) is 19.6. The molecule has 2 heterocycles. The maximum atomic E-state index is 12.1. The number of nitrogens with one attached hydrogen (secondary N) is 1. The van der Waals surface area contributed by atoms with E-state index in [-0.39, 0.29) is 6.61 Å². The average molecular weight is 423 g/mol. The Morgan fingerprint density at radius 2 is 2.03 bits per heavy atom. The number of hydrogen-bond acceptors (Lipinski definition) is 8. The van der Waals surface area contributed by atoms with E-state index >= 15 is 0 Å². The molecule has 0 spiro atoms. The number of benzene rings is 2. The number of aromatic nitrogens is 4. The lowest BCUT2D eigenvalue weighted by Crippen LogP contribution is -2.13. The monoisotopic (exact) mass is 423 g/mol. The Labute approximate surface area is 175 Å². The molecule has 2 aromatic carbocycles. The fourth-order valence-corrected chi connectivity index (χ4v) is 3.74. The molecule has 0 saturated heterocycles. The van der Waals surface area contributed by atoms with Gasteiger partial charge in [-0.05, 0) is 47.2 Å². The van der Waals surface area contributed by atoms with Crippen LogP contribution < -0.4 is 10.9 Å². The standard InChI is InChI=1S/C20H17N5O4S/c1-2-28-20(27)21-14-8-9-16-13(10-18(26)29-17(16)11-14)12-30-19-22-23-24-25(19)15-6-4-3-5-7-15/h3-11H,2,12H2,1H3,(H,21,27). The van der Waals surface area contributed by atoms with E-state index in [9.17, 15) is 9.59 Å². The minimum Gasteiger partial charge on any atom is -0.450 e. The highest BCUT2D eigenvalue weighted by Gasteiger charge is 2.13. The molecule has 0 bridgehead atoms. The number of ether oxygens (including phenoxy) is 1. The summed E-state index contributed by atoms with van der Waals surface area (Å²) < 4.78 is 11.8. The van der Waals surface area contributed by atoms with Gasteiger partial charge < -0.3 is 9.15 Å². The summed E-state index contributed by atoms with van der Waals surface area (Å²) in [6.45, 7) is 1.98. The summed E-state index contributed by atoms with van der Waals surface area (Å²) in [7, 11) is 0. The molecule has 2 aromatic heterocycles. The molecule has 30 heavy (non-hydrogen) atoms. The Kier molecular flexibility index (Phi) is 5.75. The van der Waals surface area contributed by atoms with E-state index < -0.39 is 11.7 Å².